The van der Waals surface area contributed by atoms with Crippen molar-refractivity contribution < 1.29 is 4.39 Å². The van der Waals surface area contributed by atoms with Gasteiger partial charge in [0.05, 0.1) is 5.69 Å². The third kappa shape index (κ3) is 2.97. The summed E-state index contributed by atoms with van der Waals surface area (Å²) in [7, 11) is 1.86. The minimum absolute atomic E-state index is 0.174. The van der Waals surface area contributed by atoms with Crippen LogP contribution in [-0.4, -0.2) is 9.78 Å². The average molecular weight is 312 g/mol. The van der Waals surface area contributed by atoms with E-state index in [-0.39, 0.29) is 11.9 Å². The normalized spacial score (nSPS) is 12.7. The first kappa shape index (κ1) is 13.2. The Morgan fingerprint density at radius 2 is 2.17 bits per heavy atom. The second kappa shape index (κ2) is 5.20. The molecule has 0 bridgehead atoms. The quantitative estimate of drug-likeness (QED) is 0.947. The third-order valence-electron chi connectivity index (χ3n) is 2.83. The van der Waals surface area contributed by atoms with Crippen molar-refractivity contribution >= 4 is 15.9 Å². The van der Waals surface area contributed by atoms with Crippen molar-refractivity contribution in [2.45, 2.75) is 19.4 Å². The molecule has 1 atom stereocenters. The number of hydrogen-bond donors (Lipinski definition) is 1. The molecule has 2 aromatic rings. The van der Waals surface area contributed by atoms with Crippen LogP contribution in [0.4, 0.5) is 4.39 Å². The molecule has 0 aliphatic heterocycles. The predicted octanol–water partition coefficient (Wildman–Crippen LogP) is 2.87. The van der Waals surface area contributed by atoms with Crippen LogP contribution in [0.3, 0.4) is 0 Å². The van der Waals surface area contributed by atoms with Gasteiger partial charge >= 0.3 is 0 Å². The Morgan fingerprint density at radius 1 is 1.44 bits per heavy atom. The van der Waals surface area contributed by atoms with Gasteiger partial charge in [0.15, 0.2) is 0 Å². The molecular formula is C13H15BrFN3. The highest BCUT2D eigenvalue weighted by Crippen LogP contribution is 2.21. The maximum Gasteiger partial charge on any atom is 0.124 e. The molecule has 1 unspecified atom stereocenters. The van der Waals surface area contributed by atoms with Crippen LogP contribution in [0.25, 0.3) is 0 Å². The van der Waals surface area contributed by atoms with Gasteiger partial charge in [-0.1, -0.05) is 15.9 Å². The lowest BCUT2D eigenvalue weighted by atomic mass is 10.0. The van der Waals surface area contributed by atoms with Gasteiger partial charge in [0.25, 0.3) is 0 Å². The first-order valence-electron chi connectivity index (χ1n) is 5.66. The topological polar surface area (TPSA) is 43.8 Å². The summed E-state index contributed by atoms with van der Waals surface area (Å²) in [6.45, 7) is 1.93. The Balaban J connectivity index is 2.20. The summed E-state index contributed by atoms with van der Waals surface area (Å²) < 4.78 is 15.7. The van der Waals surface area contributed by atoms with Gasteiger partial charge < -0.3 is 5.73 Å². The van der Waals surface area contributed by atoms with Crippen LogP contribution in [0.2, 0.25) is 0 Å². The van der Waals surface area contributed by atoms with Crippen molar-refractivity contribution in [1.82, 2.24) is 9.78 Å². The number of aromatic nitrogens is 2. The molecule has 3 nitrogen and oxygen atoms in total. The fourth-order valence-electron chi connectivity index (χ4n) is 2.07. The van der Waals surface area contributed by atoms with Gasteiger partial charge in [0, 0.05) is 29.3 Å². The molecule has 1 aromatic carbocycles. The lowest BCUT2D eigenvalue weighted by Gasteiger charge is -2.11. The maximum atomic E-state index is 13.3. The van der Waals surface area contributed by atoms with E-state index in [9.17, 15) is 4.39 Å². The SMILES string of the molecule is Cc1nn(C)cc1C(N)Cc1cc(F)cc(Br)c1. The Morgan fingerprint density at radius 3 is 2.72 bits per heavy atom. The van der Waals surface area contributed by atoms with Gasteiger partial charge in [-0.3, -0.25) is 4.68 Å². The van der Waals surface area contributed by atoms with Crippen LogP contribution in [0.5, 0.6) is 0 Å². The first-order chi connectivity index (χ1) is 8.45. The maximum absolute atomic E-state index is 13.3. The molecule has 0 radical (unpaired) electrons. The van der Waals surface area contributed by atoms with Gasteiger partial charge in [-0.05, 0) is 37.1 Å². The zero-order valence-corrected chi connectivity index (χ0v) is 11.9. The van der Waals surface area contributed by atoms with E-state index in [1.165, 1.54) is 12.1 Å². The minimum Gasteiger partial charge on any atom is -0.324 e. The monoisotopic (exact) mass is 311 g/mol. The van der Waals surface area contributed by atoms with E-state index < -0.39 is 0 Å². The summed E-state index contributed by atoms with van der Waals surface area (Å²) in [5.41, 5.74) is 8.94. The molecule has 18 heavy (non-hydrogen) atoms. The number of aryl methyl sites for hydroxylation is 2. The van der Waals surface area contributed by atoms with Crippen LogP contribution in [0.15, 0.2) is 28.9 Å². The van der Waals surface area contributed by atoms with Gasteiger partial charge in [-0.2, -0.15) is 5.10 Å². The first-order valence-corrected chi connectivity index (χ1v) is 6.45. The van der Waals surface area contributed by atoms with Crippen molar-refractivity contribution in [3.05, 3.63) is 51.5 Å². The summed E-state index contributed by atoms with van der Waals surface area (Å²) in [5.74, 6) is -0.255. The Hall–Kier alpha value is -1.20. The fraction of sp³-hybridized carbons (Fsp3) is 0.308. The van der Waals surface area contributed by atoms with E-state index in [1.807, 2.05) is 26.2 Å². The molecule has 0 spiro atoms. The molecular weight excluding hydrogens is 297 g/mol. The molecule has 0 amide bonds. The Labute approximate surface area is 114 Å². The number of halogens is 2. The van der Waals surface area contributed by atoms with Gasteiger partial charge in [0.2, 0.25) is 0 Å². The van der Waals surface area contributed by atoms with Crippen LogP contribution >= 0.6 is 15.9 Å². The minimum atomic E-state index is -0.255. The number of nitrogens with zero attached hydrogens (tertiary/aromatic N) is 2. The van der Waals surface area contributed by atoms with Crippen molar-refractivity contribution in [3.63, 3.8) is 0 Å². The standard InChI is InChI=1S/C13H15BrFN3/c1-8-12(7-18(2)17-8)13(16)5-9-3-10(14)6-11(15)4-9/h3-4,6-7,13H,5,16H2,1-2H3. The molecule has 0 aliphatic carbocycles. The average Bonchev–Trinajstić information content (AvgIpc) is 2.56. The zero-order chi connectivity index (χ0) is 13.3. The largest absolute Gasteiger partial charge is 0.324 e. The summed E-state index contributed by atoms with van der Waals surface area (Å²) in [5, 5.41) is 4.26. The van der Waals surface area contributed by atoms with E-state index >= 15 is 0 Å². The predicted molar refractivity (Wildman–Crippen MR) is 72.7 cm³/mol. The van der Waals surface area contributed by atoms with Crippen LogP contribution < -0.4 is 5.73 Å². The van der Waals surface area contributed by atoms with Crippen molar-refractivity contribution in [2.75, 3.05) is 0 Å². The smallest absolute Gasteiger partial charge is 0.124 e. The summed E-state index contributed by atoms with van der Waals surface area (Å²) in [6.07, 6.45) is 2.50. The zero-order valence-electron chi connectivity index (χ0n) is 10.3. The molecule has 1 aromatic heterocycles. The second-order valence-electron chi connectivity index (χ2n) is 4.43. The van der Waals surface area contributed by atoms with Gasteiger partial charge in [-0.25, -0.2) is 4.39 Å². The van der Waals surface area contributed by atoms with Gasteiger partial charge in [0.1, 0.15) is 5.82 Å². The lowest BCUT2D eigenvalue weighted by molar-refractivity contribution is 0.620. The highest BCUT2D eigenvalue weighted by atomic mass is 79.9. The van der Waals surface area contributed by atoms with E-state index in [0.29, 0.717) is 6.42 Å². The number of hydrogen-bond acceptors (Lipinski definition) is 2. The van der Waals surface area contributed by atoms with E-state index in [0.717, 1.165) is 21.3 Å². The Kier molecular flexibility index (Phi) is 3.82. The highest BCUT2D eigenvalue weighted by Gasteiger charge is 2.13. The molecule has 0 aliphatic rings. The number of rotatable bonds is 3. The van der Waals surface area contributed by atoms with Crippen LogP contribution in [0, 0.1) is 12.7 Å². The molecule has 2 rings (SSSR count). The molecule has 0 saturated heterocycles. The molecule has 5 heteroatoms. The van der Waals surface area contributed by atoms with E-state index in [2.05, 4.69) is 21.0 Å². The molecule has 2 N–H and O–H groups in total. The summed E-state index contributed by atoms with van der Waals surface area (Å²) in [6, 6.07) is 4.65. The van der Waals surface area contributed by atoms with Crippen LogP contribution in [-0.2, 0) is 13.5 Å². The molecule has 96 valence electrons. The fourth-order valence-corrected chi connectivity index (χ4v) is 2.59. The van der Waals surface area contributed by atoms with E-state index in [1.54, 1.807) is 4.68 Å². The lowest BCUT2D eigenvalue weighted by Crippen LogP contribution is -2.14. The number of benzene rings is 1. The molecule has 0 fully saturated rings. The highest BCUT2D eigenvalue weighted by molar-refractivity contribution is 9.10. The van der Waals surface area contributed by atoms with Gasteiger partial charge in [-0.15, -0.1) is 0 Å². The molecule has 0 saturated carbocycles. The summed E-state index contributed by atoms with van der Waals surface area (Å²) in [4.78, 5) is 0. The Bertz CT molecular complexity index is 545. The van der Waals surface area contributed by atoms with Crippen molar-refractivity contribution in [2.24, 2.45) is 12.8 Å². The molecule has 1 heterocycles. The van der Waals surface area contributed by atoms with Crippen molar-refractivity contribution in [3.8, 4) is 0 Å². The van der Waals surface area contributed by atoms with Crippen LogP contribution in [0.1, 0.15) is 22.9 Å². The van der Waals surface area contributed by atoms with E-state index in [4.69, 9.17) is 5.73 Å². The second-order valence-corrected chi connectivity index (χ2v) is 5.35. The summed E-state index contributed by atoms with van der Waals surface area (Å²) >= 11 is 3.28. The number of nitrogens with two attached hydrogens (primary N) is 1. The van der Waals surface area contributed by atoms with Crippen molar-refractivity contribution in [1.29, 1.82) is 0 Å². The third-order valence-corrected chi connectivity index (χ3v) is 3.29.